The quantitative estimate of drug-likeness (QED) is 0.599. The summed E-state index contributed by atoms with van der Waals surface area (Å²) < 4.78 is 2.42. The molecule has 0 amide bonds. The number of benzene rings is 2. The maximum atomic E-state index is 12.6. The first-order chi connectivity index (χ1) is 10.5. The van der Waals surface area contributed by atoms with Crippen LogP contribution in [-0.2, 0) is 6.54 Å². The first-order valence-electron chi connectivity index (χ1n) is 6.28. The highest BCUT2D eigenvalue weighted by Gasteiger charge is 2.12. The highest BCUT2D eigenvalue weighted by molar-refractivity contribution is 9.10. The van der Waals surface area contributed by atoms with Crippen molar-refractivity contribution in [3.05, 3.63) is 66.5 Å². The molecule has 0 saturated heterocycles. The van der Waals surface area contributed by atoms with Crippen molar-refractivity contribution in [2.45, 2.75) is 6.54 Å². The van der Waals surface area contributed by atoms with E-state index in [9.17, 15) is 9.90 Å². The molecule has 0 radical (unpaired) electrons. The smallest absolute Gasteiger partial charge is 0.262 e. The molecule has 3 aromatic rings. The van der Waals surface area contributed by atoms with E-state index < -0.39 is 0 Å². The van der Waals surface area contributed by atoms with Crippen LogP contribution in [-0.4, -0.2) is 14.7 Å². The molecule has 0 aliphatic carbocycles. The van der Waals surface area contributed by atoms with Gasteiger partial charge >= 0.3 is 0 Å². The van der Waals surface area contributed by atoms with Crippen LogP contribution in [0.5, 0.6) is 5.75 Å². The fourth-order valence-corrected chi connectivity index (χ4v) is 3.05. The van der Waals surface area contributed by atoms with E-state index in [1.807, 2.05) is 12.1 Å². The van der Waals surface area contributed by atoms with Gasteiger partial charge < -0.3 is 5.11 Å². The molecule has 1 N–H and O–H groups in total. The van der Waals surface area contributed by atoms with Crippen molar-refractivity contribution in [2.75, 3.05) is 0 Å². The maximum absolute atomic E-state index is 12.6. The third-order valence-electron chi connectivity index (χ3n) is 3.23. The lowest BCUT2D eigenvalue weighted by Crippen LogP contribution is -2.23. The predicted octanol–water partition coefficient (Wildman–Crippen LogP) is 4.33. The van der Waals surface area contributed by atoms with Gasteiger partial charge in [0.25, 0.3) is 5.56 Å². The Morgan fingerprint density at radius 1 is 1.18 bits per heavy atom. The van der Waals surface area contributed by atoms with E-state index >= 15 is 0 Å². The first kappa shape index (κ1) is 15.5. The van der Waals surface area contributed by atoms with Crippen LogP contribution in [0.4, 0.5) is 0 Å². The van der Waals surface area contributed by atoms with Crippen LogP contribution in [0.3, 0.4) is 0 Å². The Morgan fingerprint density at radius 2 is 1.86 bits per heavy atom. The maximum Gasteiger partial charge on any atom is 0.262 e. The monoisotopic (exact) mass is 442 g/mol. The minimum Gasteiger partial charge on any atom is -0.507 e. The zero-order valence-electron chi connectivity index (χ0n) is 11.1. The van der Waals surface area contributed by atoms with Crippen molar-refractivity contribution < 1.29 is 5.11 Å². The van der Waals surface area contributed by atoms with Gasteiger partial charge in [0, 0.05) is 5.02 Å². The molecule has 7 heteroatoms. The van der Waals surface area contributed by atoms with Gasteiger partial charge in [-0.2, -0.15) is 0 Å². The molecule has 0 spiro atoms. The Balaban J connectivity index is 2.15. The first-order valence-corrected chi connectivity index (χ1v) is 8.25. The van der Waals surface area contributed by atoms with Gasteiger partial charge in [0.05, 0.1) is 21.9 Å². The molecule has 2 aromatic carbocycles. The van der Waals surface area contributed by atoms with Crippen molar-refractivity contribution in [1.82, 2.24) is 9.55 Å². The molecule has 0 unspecified atom stereocenters. The predicted molar refractivity (Wildman–Crippen MR) is 93.6 cm³/mol. The van der Waals surface area contributed by atoms with E-state index in [1.165, 1.54) is 10.6 Å². The Labute approximate surface area is 147 Å². The van der Waals surface area contributed by atoms with Crippen molar-refractivity contribution in [1.29, 1.82) is 0 Å². The largest absolute Gasteiger partial charge is 0.507 e. The van der Waals surface area contributed by atoms with Gasteiger partial charge in [-0.3, -0.25) is 9.36 Å². The van der Waals surface area contributed by atoms with Gasteiger partial charge in [0.1, 0.15) is 5.75 Å². The second kappa shape index (κ2) is 6.02. The van der Waals surface area contributed by atoms with E-state index in [2.05, 4.69) is 36.8 Å². The molecule has 112 valence electrons. The lowest BCUT2D eigenvalue weighted by molar-refractivity contribution is 0.472. The van der Waals surface area contributed by atoms with Gasteiger partial charge in [-0.05, 0) is 61.7 Å². The molecule has 0 aliphatic heterocycles. The zero-order chi connectivity index (χ0) is 15.9. The zero-order valence-corrected chi connectivity index (χ0v) is 15.0. The fraction of sp³-hybridized carbons (Fsp3) is 0.0667. The third-order valence-corrected chi connectivity index (χ3v) is 4.72. The normalized spacial score (nSPS) is 11.0. The van der Waals surface area contributed by atoms with Gasteiger partial charge in [0.2, 0.25) is 0 Å². The number of hydrogen-bond donors (Lipinski definition) is 1. The summed E-state index contributed by atoms with van der Waals surface area (Å²) in [5, 5.41) is 10.8. The van der Waals surface area contributed by atoms with Crippen molar-refractivity contribution in [2.24, 2.45) is 0 Å². The Bertz CT molecular complexity index is 923. The van der Waals surface area contributed by atoms with Crippen LogP contribution in [0.15, 0.2) is 50.4 Å². The SMILES string of the molecule is O=c1c2cc(O)c(Br)cc2nc(Br)n1Cc1ccc(Cl)cc1. The number of halogens is 3. The van der Waals surface area contributed by atoms with E-state index in [0.717, 1.165) is 5.56 Å². The summed E-state index contributed by atoms with van der Waals surface area (Å²) in [5.41, 5.74) is 1.21. The van der Waals surface area contributed by atoms with Crippen LogP contribution < -0.4 is 5.56 Å². The molecule has 4 nitrogen and oxygen atoms in total. The summed E-state index contributed by atoms with van der Waals surface area (Å²) in [6.45, 7) is 0.357. The molecular formula is C15H9Br2ClN2O2. The lowest BCUT2D eigenvalue weighted by atomic mass is 10.2. The molecule has 3 rings (SSSR count). The number of phenols is 1. The highest BCUT2D eigenvalue weighted by atomic mass is 79.9. The van der Waals surface area contributed by atoms with E-state index in [-0.39, 0.29) is 11.3 Å². The summed E-state index contributed by atoms with van der Waals surface area (Å²) in [4.78, 5) is 17.0. The number of phenolic OH excluding ortho intramolecular Hbond substituents is 1. The number of fused-ring (bicyclic) bond motifs is 1. The number of hydrogen-bond acceptors (Lipinski definition) is 3. The van der Waals surface area contributed by atoms with Gasteiger partial charge in [0.15, 0.2) is 4.73 Å². The minimum atomic E-state index is -0.227. The molecule has 0 bridgehead atoms. The molecule has 0 saturated carbocycles. The van der Waals surface area contributed by atoms with Crippen LogP contribution in [0.2, 0.25) is 5.02 Å². The second-order valence-corrected chi connectivity index (χ2v) is 6.72. The lowest BCUT2D eigenvalue weighted by Gasteiger charge is -2.10. The van der Waals surface area contributed by atoms with E-state index in [4.69, 9.17) is 11.6 Å². The fourth-order valence-electron chi connectivity index (χ4n) is 2.11. The summed E-state index contributed by atoms with van der Waals surface area (Å²) in [6, 6.07) is 10.3. The topological polar surface area (TPSA) is 55.1 Å². The van der Waals surface area contributed by atoms with Gasteiger partial charge in [-0.1, -0.05) is 23.7 Å². The molecule has 0 aliphatic rings. The summed E-state index contributed by atoms with van der Waals surface area (Å²) >= 11 is 12.4. The summed E-state index contributed by atoms with van der Waals surface area (Å²) in [7, 11) is 0. The average Bonchev–Trinajstić information content (AvgIpc) is 2.48. The van der Waals surface area contributed by atoms with E-state index in [1.54, 1.807) is 18.2 Å². The van der Waals surface area contributed by atoms with Gasteiger partial charge in [-0.25, -0.2) is 4.98 Å². The third kappa shape index (κ3) is 2.91. The number of aromatic hydroxyl groups is 1. The van der Waals surface area contributed by atoms with Gasteiger partial charge in [-0.15, -0.1) is 0 Å². The highest BCUT2D eigenvalue weighted by Crippen LogP contribution is 2.27. The average molecular weight is 445 g/mol. The van der Waals surface area contributed by atoms with Crippen molar-refractivity contribution >= 4 is 54.4 Å². The van der Waals surface area contributed by atoms with E-state index in [0.29, 0.717) is 31.7 Å². The molecule has 1 heterocycles. The van der Waals surface area contributed by atoms with Crippen LogP contribution in [0.25, 0.3) is 10.9 Å². The van der Waals surface area contributed by atoms with Crippen LogP contribution >= 0.6 is 43.5 Å². The molecule has 1 aromatic heterocycles. The standard InChI is InChI=1S/C15H9Br2ClN2O2/c16-11-6-12-10(5-13(11)21)14(22)20(15(17)19-12)7-8-1-3-9(18)4-2-8/h1-6,21H,7H2. The number of rotatable bonds is 2. The number of nitrogens with zero attached hydrogens (tertiary/aromatic N) is 2. The number of aromatic nitrogens is 2. The summed E-state index contributed by atoms with van der Waals surface area (Å²) in [6.07, 6.45) is 0. The van der Waals surface area contributed by atoms with Crippen molar-refractivity contribution in [3.8, 4) is 5.75 Å². The molecule has 0 atom stereocenters. The molecule has 0 fully saturated rings. The Kier molecular flexibility index (Phi) is 4.25. The Morgan fingerprint density at radius 3 is 2.55 bits per heavy atom. The van der Waals surface area contributed by atoms with Crippen molar-refractivity contribution in [3.63, 3.8) is 0 Å². The van der Waals surface area contributed by atoms with Crippen LogP contribution in [0, 0.1) is 0 Å². The van der Waals surface area contributed by atoms with Crippen LogP contribution in [0.1, 0.15) is 5.56 Å². The molecular weight excluding hydrogens is 435 g/mol. The molecule has 22 heavy (non-hydrogen) atoms. The minimum absolute atomic E-state index is 0.00626. The second-order valence-electron chi connectivity index (χ2n) is 4.72. The Hall–Kier alpha value is -1.37. The summed E-state index contributed by atoms with van der Waals surface area (Å²) in [5.74, 6) is 0.00626.